The fourth-order valence-corrected chi connectivity index (χ4v) is 1.74. The number of carbonyl (C=O) groups excluding carboxylic acids is 1. The number of anilines is 1. The first-order valence-corrected chi connectivity index (χ1v) is 6.09. The van der Waals surface area contributed by atoms with Gasteiger partial charge in [-0.3, -0.25) is 14.6 Å². The smallest absolute Gasteiger partial charge is 0.307 e. The van der Waals surface area contributed by atoms with Gasteiger partial charge in [-0.1, -0.05) is 12.1 Å². The van der Waals surface area contributed by atoms with E-state index in [1.54, 1.807) is 36.4 Å². The lowest BCUT2D eigenvalue weighted by Crippen LogP contribution is -2.12. The van der Waals surface area contributed by atoms with Gasteiger partial charge in [0.1, 0.15) is 0 Å². The Morgan fingerprint density at radius 1 is 1.25 bits per heavy atom. The average Bonchev–Trinajstić information content (AvgIpc) is 2.39. The fourth-order valence-electron chi connectivity index (χ4n) is 1.74. The van der Waals surface area contributed by atoms with Gasteiger partial charge in [0.15, 0.2) is 0 Å². The second-order valence-electron chi connectivity index (χ2n) is 4.41. The molecule has 1 heterocycles. The Labute approximate surface area is 116 Å². The van der Waals surface area contributed by atoms with Crippen molar-refractivity contribution in [2.24, 2.45) is 0 Å². The molecule has 1 aromatic heterocycles. The predicted octanol–water partition coefficient (Wildman–Crippen LogP) is 2.27. The molecule has 1 amide bonds. The monoisotopic (exact) mass is 270 g/mol. The van der Waals surface area contributed by atoms with E-state index in [9.17, 15) is 9.59 Å². The van der Waals surface area contributed by atoms with E-state index < -0.39 is 5.97 Å². The summed E-state index contributed by atoms with van der Waals surface area (Å²) >= 11 is 0. The number of carboxylic acids is 1. The highest BCUT2D eigenvalue weighted by atomic mass is 16.4. The number of aliphatic carboxylic acids is 1. The number of nitrogens with one attached hydrogen (secondary N) is 1. The molecule has 2 aromatic rings. The zero-order valence-electron chi connectivity index (χ0n) is 11.0. The summed E-state index contributed by atoms with van der Waals surface area (Å²) in [7, 11) is 0. The SMILES string of the molecule is Cc1ccc(C(=O)Nc2cccc(CC(=O)O)c2)cn1. The van der Waals surface area contributed by atoms with E-state index in [0.717, 1.165) is 5.69 Å². The molecule has 102 valence electrons. The Morgan fingerprint density at radius 3 is 2.70 bits per heavy atom. The van der Waals surface area contributed by atoms with Crippen molar-refractivity contribution in [2.75, 3.05) is 5.32 Å². The van der Waals surface area contributed by atoms with Gasteiger partial charge in [-0.05, 0) is 36.8 Å². The van der Waals surface area contributed by atoms with Crippen molar-refractivity contribution in [1.82, 2.24) is 4.98 Å². The molecule has 0 aliphatic rings. The number of pyridine rings is 1. The number of aryl methyl sites for hydroxylation is 1. The molecule has 20 heavy (non-hydrogen) atoms. The van der Waals surface area contributed by atoms with E-state index in [4.69, 9.17) is 5.11 Å². The summed E-state index contributed by atoms with van der Waals surface area (Å²) in [6, 6.07) is 10.2. The lowest BCUT2D eigenvalue weighted by Gasteiger charge is -2.06. The zero-order chi connectivity index (χ0) is 14.5. The van der Waals surface area contributed by atoms with Crippen molar-refractivity contribution in [1.29, 1.82) is 0 Å². The van der Waals surface area contributed by atoms with Crippen LogP contribution in [0.3, 0.4) is 0 Å². The van der Waals surface area contributed by atoms with Crippen LogP contribution in [0.2, 0.25) is 0 Å². The summed E-state index contributed by atoms with van der Waals surface area (Å²) in [6.07, 6.45) is 1.43. The number of amides is 1. The predicted molar refractivity (Wildman–Crippen MR) is 74.7 cm³/mol. The lowest BCUT2D eigenvalue weighted by atomic mass is 10.1. The van der Waals surface area contributed by atoms with Crippen molar-refractivity contribution in [3.05, 3.63) is 59.4 Å². The van der Waals surface area contributed by atoms with Gasteiger partial charge in [-0.25, -0.2) is 0 Å². The van der Waals surface area contributed by atoms with E-state index in [1.807, 2.05) is 6.92 Å². The second kappa shape index (κ2) is 5.97. The Bertz CT molecular complexity index is 636. The molecule has 0 saturated carbocycles. The summed E-state index contributed by atoms with van der Waals surface area (Å²) in [5, 5.41) is 11.5. The minimum absolute atomic E-state index is 0.0736. The fraction of sp³-hybridized carbons (Fsp3) is 0.133. The number of hydrogen-bond donors (Lipinski definition) is 2. The summed E-state index contributed by atoms with van der Waals surface area (Å²) < 4.78 is 0. The summed E-state index contributed by atoms with van der Waals surface area (Å²) in [6.45, 7) is 1.84. The maximum Gasteiger partial charge on any atom is 0.307 e. The number of aromatic nitrogens is 1. The average molecular weight is 270 g/mol. The van der Waals surface area contributed by atoms with Crippen LogP contribution < -0.4 is 5.32 Å². The highest BCUT2D eigenvalue weighted by molar-refractivity contribution is 6.04. The van der Waals surface area contributed by atoms with Crippen molar-refractivity contribution >= 4 is 17.6 Å². The van der Waals surface area contributed by atoms with Crippen LogP contribution in [0.1, 0.15) is 21.6 Å². The molecule has 5 heteroatoms. The van der Waals surface area contributed by atoms with Gasteiger partial charge in [-0.15, -0.1) is 0 Å². The van der Waals surface area contributed by atoms with Gasteiger partial charge >= 0.3 is 5.97 Å². The molecule has 0 bridgehead atoms. The first-order valence-electron chi connectivity index (χ1n) is 6.09. The van der Waals surface area contributed by atoms with Crippen LogP contribution >= 0.6 is 0 Å². The molecule has 2 rings (SSSR count). The quantitative estimate of drug-likeness (QED) is 0.893. The number of hydrogen-bond acceptors (Lipinski definition) is 3. The molecular formula is C15H14N2O3. The third kappa shape index (κ3) is 3.65. The molecule has 0 aliphatic carbocycles. The maximum absolute atomic E-state index is 12.0. The topological polar surface area (TPSA) is 79.3 Å². The third-order valence-corrected chi connectivity index (χ3v) is 2.71. The van der Waals surface area contributed by atoms with Crippen molar-refractivity contribution in [2.45, 2.75) is 13.3 Å². The van der Waals surface area contributed by atoms with Gasteiger partial charge < -0.3 is 10.4 Å². The van der Waals surface area contributed by atoms with Crippen LogP contribution in [-0.2, 0) is 11.2 Å². The van der Waals surface area contributed by atoms with Gasteiger partial charge in [0, 0.05) is 17.6 Å². The van der Waals surface area contributed by atoms with Gasteiger partial charge in [0.05, 0.1) is 12.0 Å². The standard InChI is InChI=1S/C15H14N2O3/c1-10-5-6-12(9-16-10)15(20)17-13-4-2-3-11(7-13)8-14(18)19/h2-7,9H,8H2,1H3,(H,17,20)(H,18,19). The van der Waals surface area contributed by atoms with E-state index >= 15 is 0 Å². The molecule has 0 unspecified atom stereocenters. The highest BCUT2D eigenvalue weighted by Gasteiger charge is 2.07. The largest absolute Gasteiger partial charge is 0.481 e. The molecule has 0 saturated heterocycles. The normalized spacial score (nSPS) is 10.1. The number of carbonyl (C=O) groups is 2. The number of benzene rings is 1. The third-order valence-electron chi connectivity index (χ3n) is 2.71. The van der Waals surface area contributed by atoms with Crippen LogP contribution in [0.25, 0.3) is 0 Å². The number of rotatable bonds is 4. The molecule has 1 aromatic carbocycles. The van der Waals surface area contributed by atoms with E-state index in [2.05, 4.69) is 10.3 Å². The maximum atomic E-state index is 12.0. The van der Waals surface area contributed by atoms with Gasteiger partial charge in [-0.2, -0.15) is 0 Å². The van der Waals surface area contributed by atoms with Crippen LogP contribution in [0, 0.1) is 6.92 Å². The van der Waals surface area contributed by atoms with Crippen LogP contribution in [0.5, 0.6) is 0 Å². The van der Waals surface area contributed by atoms with Crippen molar-refractivity contribution in [3.8, 4) is 0 Å². The number of nitrogens with zero attached hydrogens (tertiary/aromatic N) is 1. The van der Waals surface area contributed by atoms with E-state index in [1.165, 1.54) is 6.20 Å². The molecule has 0 radical (unpaired) electrons. The van der Waals surface area contributed by atoms with Crippen molar-refractivity contribution < 1.29 is 14.7 Å². The van der Waals surface area contributed by atoms with Crippen LogP contribution in [-0.4, -0.2) is 22.0 Å². The zero-order valence-corrected chi connectivity index (χ0v) is 11.0. The minimum atomic E-state index is -0.906. The van der Waals surface area contributed by atoms with Crippen molar-refractivity contribution in [3.63, 3.8) is 0 Å². The second-order valence-corrected chi connectivity index (χ2v) is 4.41. The Balaban J connectivity index is 2.11. The van der Waals surface area contributed by atoms with E-state index in [-0.39, 0.29) is 12.3 Å². The molecular weight excluding hydrogens is 256 g/mol. The van der Waals surface area contributed by atoms with Crippen LogP contribution in [0.4, 0.5) is 5.69 Å². The summed E-state index contributed by atoms with van der Waals surface area (Å²) in [5.41, 5.74) is 2.50. The molecule has 0 aliphatic heterocycles. The van der Waals surface area contributed by atoms with Crippen LogP contribution in [0.15, 0.2) is 42.6 Å². The lowest BCUT2D eigenvalue weighted by molar-refractivity contribution is -0.136. The Kier molecular flexibility index (Phi) is 4.10. The molecule has 0 atom stereocenters. The molecule has 5 nitrogen and oxygen atoms in total. The summed E-state index contributed by atoms with van der Waals surface area (Å²) in [5.74, 6) is -1.18. The van der Waals surface area contributed by atoms with Gasteiger partial charge in [0.2, 0.25) is 0 Å². The minimum Gasteiger partial charge on any atom is -0.481 e. The van der Waals surface area contributed by atoms with Gasteiger partial charge in [0.25, 0.3) is 5.91 Å². The Morgan fingerprint density at radius 2 is 2.05 bits per heavy atom. The molecule has 0 fully saturated rings. The number of carboxylic acid groups (broad SMARTS) is 1. The highest BCUT2D eigenvalue weighted by Crippen LogP contribution is 2.13. The molecule has 0 spiro atoms. The van der Waals surface area contributed by atoms with E-state index in [0.29, 0.717) is 16.8 Å². The molecule has 2 N–H and O–H groups in total. The first kappa shape index (κ1) is 13.7. The summed E-state index contributed by atoms with van der Waals surface area (Å²) in [4.78, 5) is 26.7. The first-order chi connectivity index (χ1) is 9.54. The Hall–Kier alpha value is -2.69.